The Labute approximate surface area is 103 Å². The van der Waals surface area contributed by atoms with Crippen LogP contribution >= 0.6 is 11.8 Å². The van der Waals surface area contributed by atoms with Crippen molar-refractivity contribution in [3.8, 4) is 0 Å². The summed E-state index contributed by atoms with van der Waals surface area (Å²) in [6.45, 7) is 3.97. The first-order valence-corrected chi connectivity index (χ1v) is 6.56. The zero-order chi connectivity index (χ0) is 12.6. The van der Waals surface area contributed by atoms with Crippen LogP contribution in [0.25, 0.3) is 0 Å². The second-order valence-electron chi connectivity index (χ2n) is 4.21. The van der Waals surface area contributed by atoms with Gasteiger partial charge in [-0.05, 0) is 13.8 Å². The van der Waals surface area contributed by atoms with Crippen molar-refractivity contribution < 1.29 is 19.3 Å². The average molecular weight is 264 g/mol. The van der Waals surface area contributed by atoms with Gasteiger partial charge in [0.15, 0.2) is 11.3 Å². The Morgan fingerprint density at radius 1 is 1.65 bits per heavy atom. The number of alkyl halides is 1. The number of amidine groups is 1. The first-order chi connectivity index (χ1) is 8.04. The number of fused-ring (bicyclic) bond motifs is 1. The lowest BCUT2D eigenvalue weighted by Gasteiger charge is -2.38. The van der Waals surface area contributed by atoms with Gasteiger partial charge in [0.25, 0.3) is 0 Å². The number of aliphatic imine (C=N–C) groups is 1. The van der Waals surface area contributed by atoms with Crippen molar-refractivity contribution >= 4 is 16.9 Å². The fraction of sp³-hybridized carbons (Fsp3) is 0.900. The zero-order valence-corrected chi connectivity index (χ0v) is 10.5. The van der Waals surface area contributed by atoms with Crippen LogP contribution in [0.4, 0.5) is 4.39 Å². The zero-order valence-electron chi connectivity index (χ0n) is 9.71. The minimum absolute atomic E-state index is 0.446. The Balaban J connectivity index is 2.12. The maximum Gasteiger partial charge on any atom is 0.159 e. The molecule has 1 unspecified atom stereocenters. The van der Waals surface area contributed by atoms with Crippen molar-refractivity contribution in [1.82, 2.24) is 5.32 Å². The maximum absolute atomic E-state index is 14.0. The Morgan fingerprint density at radius 3 is 2.94 bits per heavy atom. The smallest absolute Gasteiger partial charge is 0.159 e. The van der Waals surface area contributed by atoms with Crippen LogP contribution in [0.2, 0.25) is 0 Å². The van der Waals surface area contributed by atoms with Gasteiger partial charge >= 0.3 is 0 Å². The summed E-state index contributed by atoms with van der Waals surface area (Å²) < 4.78 is 19.5. The topological polar surface area (TPSA) is 74.1 Å². The molecule has 0 bridgehead atoms. The van der Waals surface area contributed by atoms with Crippen LogP contribution < -0.4 is 5.32 Å². The van der Waals surface area contributed by atoms with Gasteiger partial charge in [-0.2, -0.15) is 0 Å². The van der Waals surface area contributed by atoms with Crippen LogP contribution in [0.15, 0.2) is 4.99 Å². The molecule has 0 spiro atoms. The van der Waals surface area contributed by atoms with Crippen molar-refractivity contribution in [2.45, 2.75) is 49.8 Å². The van der Waals surface area contributed by atoms with Crippen LogP contribution in [0, 0.1) is 0 Å². The van der Waals surface area contributed by atoms with E-state index < -0.39 is 36.0 Å². The van der Waals surface area contributed by atoms with Gasteiger partial charge in [0.2, 0.25) is 0 Å². The first-order valence-electron chi connectivity index (χ1n) is 5.68. The molecule has 2 aliphatic rings. The normalized spacial score (nSPS) is 45.5. The summed E-state index contributed by atoms with van der Waals surface area (Å²) in [7, 11) is 0. The summed E-state index contributed by atoms with van der Waals surface area (Å²) in [5.74, 6) is 0. The molecule has 2 aliphatic heterocycles. The van der Waals surface area contributed by atoms with Crippen LogP contribution in [0.5, 0.6) is 0 Å². The molecule has 0 amide bonds. The predicted molar refractivity (Wildman–Crippen MR) is 63.7 cm³/mol. The third kappa shape index (κ3) is 2.42. The molecule has 0 aliphatic carbocycles. The van der Waals surface area contributed by atoms with E-state index in [1.807, 2.05) is 6.92 Å². The average Bonchev–Trinajstić information content (AvgIpc) is 2.66. The fourth-order valence-corrected chi connectivity index (χ4v) is 3.20. The molecule has 0 radical (unpaired) electrons. The van der Waals surface area contributed by atoms with E-state index in [1.165, 1.54) is 18.7 Å². The van der Waals surface area contributed by atoms with E-state index in [2.05, 4.69) is 10.3 Å². The second-order valence-corrected chi connectivity index (χ2v) is 5.30. The van der Waals surface area contributed by atoms with Gasteiger partial charge in [-0.1, -0.05) is 11.8 Å². The Morgan fingerprint density at radius 2 is 2.35 bits per heavy atom. The van der Waals surface area contributed by atoms with Crippen molar-refractivity contribution in [3.05, 3.63) is 0 Å². The van der Waals surface area contributed by atoms with Gasteiger partial charge in [0.1, 0.15) is 17.6 Å². The van der Waals surface area contributed by atoms with Crippen molar-refractivity contribution in [3.63, 3.8) is 0 Å². The molecular formula is C10H17FN2O3S. The monoisotopic (exact) mass is 264 g/mol. The molecule has 0 saturated carbocycles. The van der Waals surface area contributed by atoms with Gasteiger partial charge in [-0.15, -0.1) is 0 Å². The summed E-state index contributed by atoms with van der Waals surface area (Å²) in [5, 5.41) is 22.7. The minimum Gasteiger partial charge on any atom is -0.391 e. The molecule has 2 saturated heterocycles. The molecule has 6 atom stereocenters. The molecule has 2 fully saturated rings. The van der Waals surface area contributed by atoms with E-state index in [0.717, 1.165) is 0 Å². The number of aliphatic hydroxyl groups is 2. The molecular weight excluding hydrogens is 247 g/mol. The quantitative estimate of drug-likeness (QED) is 0.648. The van der Waals surface area contributed by atoms with Gasteiger partial charge in [0.05, 0.1) is 12.1 Å². The van der Waals surface area contributed by atoms with E-state index in [-0.39, 0.29) is 0 Å². The van der Waals surface area contributed by atoms with Crippen molar-refractivity contribution in [2.75, 3.05) is 6.54 Å². The number of rotatable bonds is 2. The Hall–Kier alpha value is -0.370. The molecule has 5 nitrogen and oxygen atoms in total. The summed E-state index contributed by atoms with van der Waals surface area (Å²) in [6, 6.07) is -0.602. The van der Waals surface area contributed by atoms with Gasteiger partial charge in [-0.25, -0.2) is 4.39 Å². The van der Waals surface area contributed by atoms with Crippen LogP contribution in [0.1, 0.15) is 13.8 Å². The van der Waals surface area contributed by atoms with Crippen LogP contribution in [-0.2, 0) is 4.74 Å². The highest BCUT2D eigenvalue weighted by Crippen LogP contribution is 2.36. The van der Waals surface area contributed by atoms with Crippen molar-refractivity contribution in [1.29, 1.82) is 0 Å². The van der Waals surface area contributed by atoms with E-state index in [4.69, 9.17) is 4.74 Å². The summed E-state index contributed by atoms with van der Waals surface area (Å²) in [5.41, 5.74) is -0.446. The molecule has 3 N–H and O–H groups in total. The lowest BCUT2D eigenvalue weighted by Crippen LogP contribution is -2.59. The van der Waals surface area contributed by atoms with Gasteiger partial charge in [0, 0.05) is 6.54 Å². The molecule has 0 aromatic rings. The summed E-state index contributed by atoms with van der Waals surface area (Å²) in [4.78, 5) is 4.15. The van der Waals surface area contributed by atoms with Crippen LogP contribution in [0.3, 0.4) is 0 Å². The molecule has 2 rings (SSSR count). The SMILES string of the molecule is CCN=C1N[C@@H]2[C@H](F)[C@H](O)[C@@H](C(C)O)O[C@@H]2S1. The van der Waals surface area contributed by atoms with E-state index in [0.29, 0.717) is 11.7 Å². The molecule has 0 aromatic carbocycles. The van der Waals surface area contributed by atoms with E-state index in [1.54, 1.807) is 0 Å². The summed E-state index contributed by atoms with van der Waals surface area (Å²) >= 11 is 1.30. The first kappa shape index (κ1) is 13.1. The maximum atomic E-state index is 14.0. The van der Waals surface area contributed by atoms with E-state index >= 15 is 0 Å². The second kappa shape index (κ2) is 5.09. The third-order valence-electron chi connectivity index (χ3n) is 2.89. The molecule has 7 heteroatoms. The number of thioether (sulfide) groups is 1. The highest BCUT2D eigenvalue weighted by Gasteiger charge is 2.51. The number of ether oxygens (including phenoxy) is 1. The van der Waals surface area contributed by atoms with Gasteiger partial charge in [-0.3, -0.25) is 4.99 Å². The predicted octanol–water partition coefficient (Wildman–Crippen LogP) is -0.128. The highest BCUT2D eigenvalue weighted by atomic mass is 32.2. The van der Waals surface area contributed by atoms with E-state index in [9.17, 15) is 14.6 Å². The number of aliphatic hydroxyl groups excluding tert-OH is 2. The lowest BCUT2D eigenvalue weighted by molar-refractivity contribution is -0.167. The standard InChI is InChI=1S/C10H17FN2O3S/c1-3-12-10-13-6-5(11)7(15)8(4(2)14)16-9(6)17-10/h4-9,14-15H,3H2,1-2H3,(H,12,13)/t4?,5-,6+,7-,8+,9+/m0/s1. The molecule has 98 valence electrons. The molecule has 2 heterocycles. The number of hydrogen-bond donors (Lipinski definition) is 3. The molecule has 17 heavy (non-hydrogen) atoms. The van der Waals surface area contributed by atoms with Crippen LogP contribution in [-0.4, -0.2) is 57.9 Å². The number of halogens is 1. The van der Waals surface area contributed by atoms with Crippen molar-refractivity contribution in [2.24, 2.45) is 4.99 Å². The molecule has 0 aromatic heterocycles. The third-order valence-corrected chi connectivity index (χ3v) is 3.99. The largest absolute Gasteiger partial charge is 0.391 e. The lowest BCUT2D eigenvalue weighted by atomic mass is 9.96. The number of hydrogen-bond acceptors (Lipinski definition) is 5. The Kier molecular flexibility index (Phi) is 3.92. The number of nitrogens with one attached hydrogen (secondary N) is 1. The fourth-order valence-electron chi connectivity index (χ4n) is 2.02. The Bertz CT molecular complexity index is 316. The minimum atomic E-state index is -1.47. The summed E-state index contributed by atoms with van der Waals surface area (Å²) in [6.07, 6.45) is -4.57. The number of nitrogens with zero attached hydrogens (tertiary/aromatic N) is 1. The highest BCUT2D eigenvalue weighted by molar-refractivity contribution is 8.14. The van der Waals surface area contributed by atoms with Gasteiger partial charge < -0.3 is 20.3 Å².